The van der Waals surface area contributed by atoms with E-state index in [1.54, 1.807) is 0 Å². The first kappa shape index (κ1) is 10.3. The molecule has 1 saturated carbocycles. The molecule has 16 heavy (non-hydrogen) atoms. The fourth-order valence-corrected chi connectivity index (χ4v) is 3.24. The molecule has 1 aromatic carbocycles. The quantitative estimate of drug-likeness (QED) is 0.844. The molecule has 0 radical (unpaired) electrons. The van der Waals surface area contributed by atoms with Gasteiger partial charge in [-0.1, -0.05) is 24.6 Å². The Morgan fingerprint density at radius 1 is 1.25 bits per heavy atom. The molecular weight excluding hydrogens is 214 g/mol. The van der Waals surface area contributed by atoms with Crippen LogP contribution in [0.5, 0.6) is 0 Å². The van der Waals surface area contributed by atoms with Crippen LogP contribution in [0.1, 0.15) is 24.8 Å². The second kappa shape index (κ2) is 4.56. The Morgan fingerprint density at radius 3 is 2.94 bits per heavy atom. The molecule has 0 bridgehead atoms. The summed E-state index contributed by atoms with van der Waals surface area (Å²) in [5.41, 5.74) is 1.46. The molecule has 1 aliphatic rings. The van der Waals surface area contributed by atoms with E-state index in [2.05, 4.69) is 35.0 Å². The fourth-order valence-electron chi connectivity index (χ4n) is 2.28. The molecular formula is C14H17NS. The van der Waals surface area contributed by atoms with E-state index in [-0.39, 0.29) is 0 Å². The Morgan fingerprint density at radius 2 is 2.12 bits per heavy atom. The Balaban J connectivity index is 1.64. The summed E-state index contributed by atoms with van der Waals surface area (Å²) in [7, 11) is 0. The summed E-state index contributed by atoms with van der Waals surface area (Å²) in [6.07, 6.45) is 4.29. The summed E-state index contributed by atoms with van der Waals surface area (Å²) < 4.78 is 1.41. The predicted octanol–water partition coefficient (Wildman–Crippen LogP) is 3.79. The zero-order valence-electron chi connectivity index (χ0n) is 9.41. The maximum atomic E-state index is 3.59. The minimum absolute atomic E-state index is 0.949. The molecule has 0 spiro atoms. The lowest BCUT2D eigenvalue weighted by Crippen LogP contribution is -2.26. The minimum Gasteiger partial charge on any atom is -0.312 e. The van der Waals surface area contributed by atoms with Crippen LogP contribution in [0, 0.1) is 5.92 Å². The van der Waals surface area contributed by atoms with E-state index in [0.717, 1.165) is 12.5 Å². The Bertz CT molecular complexity index is 470. The van der Waals surface area contributed by atoms with Crippen LogP contribution in [-0.2, 0) is 6.54 Å². The van der Waals surface area contributed by atoms with Gasteiger partial charge in [0.25, 0.3) is 0 Å². The number of thiophene rings is 1. The fraction of sp³-hybridized carbons (Fsp3) is 0.429. The third-order valence-electron chi connectivity index (χ3n) is 3.53. The number of hydrogen-bond acceptors (Lipinski definition) is 2. The van der Waals surface area contributed by atoms with Crippen LogP contribution in [0.15, 0.2) is 29.6 Å². The molecule has 0 aliphatic heterocycles. The van der Waals surface area contributed by atoms with Crippen molar-refractivity contribution < 1.29 is 0 Å². The van der Waals surface area contributed by atoms with E-state index in [1.165, 1.54) is 41.5 Å². The van der Waals surface area contributed by atoms with Gasteiger partial charge in [-0.15, -0.1) is 11.3 Å². The van der Waals surface area contributed by atoms with E-state index < -0.39 is 0 Å². The second-order valence-electron chi connectivity index (χ2n) is 4.68. The first-order valence-electron chi connectivity index (χ1n) is 6.09. The molecule has 1 nitrogen and oxygen atoms in total. The highest BCUT2D eigenvalue weighted by molar-refractivity contribution is 7.17. The van der Waals surface area contributed by atoms with Crippen molar-refractivity contribution in [2.24, 2.45) is 5.92 Å². The van der Waals surface area contributed by atoms with Crippen molar-refractivity contribution in [3.8, 4) is 0 Å². The molecule has 0 saturated heterocycles. The van der Waals surface area contributed by atoms with Gasteiger partial charge in [0.1, 0.15) is 0 Å². The third kappa shape index (κ3) is 2.00. The molecule has 0 atom stereocenters. The van der Waals surface area contributed by atoms with Crippen LogP contribution >= 0.6 is 11.3 Å². The zero-order valence-corrected chi connectivity index (χ0v) is 10.2. The molecule has 1 aliphatic carbocycles. The molecule has 1 heterocycles. The average Bonchev–Trinajstić information content (AvgIpc) is 2.65. The van der Waals surface area contributed by atoms with E-state index in [9.17, 15) is 0 Å². The van der Waals surface area contributed by atoms with E-state index in [4.69, 9.17) is 0 Å². The lowest BCUT2D eigenvalue weighted by Gasteiger charge is -2.25. The van der Waals surface area contributed by atoms with Crippen molar-refractivity contribution in [1.82, 2.24) is 5.32 Å². The summed E-state index contributed by atoms with van der Waals surface area (Å²) in [5, 5.41) is 7.30. The van der Waals surface area contributed by atoms with Gasteiger partial charge >= 0.3 is 0 Å². The minimum atomic E-state index is 0.949. The van der Waals surface area contributed by atoms with Crippen LogP contribution in [0.2, 0.25) is 0 Å². The highest BCUT2D eigenvalue weighted by atomic mass is 32.1. The van der Waals surface area contributed by atoms with E-state index in [1.807, 2.05) is 11.3 Å². The number of nitrogens with one attached hydrogen (secondary N) is 1. The lowest BCUT2D eigenvalue weighted by molar-refractivity contribution is 0.301. The van der Waals surface area contributed by atoms with Gasteiger partial charge in [0.2, 0.25) is 0 Å². The first-order chi connectivity index (χ1) is 7.93. The summed E-state index contributed by atoms with van der Waals surface area (Å²) in [4.78, 5) is 0. The normalized spacial score (nSPS) is 16.5. The SMILES string of the molecule is c1ccc2c(CNCC3CCC3)csc2c1. The van der Waals surface area contributed by atoms with Gasteiger partial charge in [0, 0.05) is 11.2 Å². The summed E-state index contributed by atoms with van der Waals surface area (Å²) in [6, 6.07) is 8.68. The average molecular weight is 231 g/mol. The lowest BCUT2D eigenvalue weighted by atomic mass is 9.85. The number of rotatable bonds is 4. The number of benzene rings is 1. The van der Waals surface area contributed by atoms with Crippen LogP contribution in [0.4, 0.5) is 0 Å². The zero-order chi connectivity index (χ0) is 10.8. The van der Waals surface area contributed by atoms with Crippen molar-refractivity contribution in [2.45, 2.75) is 25.8 Å². The highest BCUT2D eigenvalue weighted by Gasteiger charge is 2.16. The topological polar surface area (TPSA) is 12.0 Å². The van der Waals surface area contributed by atoms with Gasteiger partial charge in [-0.2, -0.15) is 0 Å². The Hall–Kier alpha value is -0.860. The van der Waals surface area contributed by atoms with Gasteiger partial charge in [0.15, 0.2) is 0 Å². The molecule has 0 unspecified atom stereocenters. The largest absolute Gasteiger partial charge is 0.312 e. The summed E-state index contributed by atoms with van der Waals surface area (Å²) in [6.45, 7) is 2.23. The number of fused-ring (bicyclic) bond motifs is 1. The van der Waals surface area contributed by atoms with Crippen molar-refractivity contribution >= 4 is 21.4 Å². The molecule has 84 valence electrons. The maximum absolute atomic E-state index is 3.59. The van der Waals surface area contributed by atoms with Gasteiger partial charge in [-0.3, -0.25) is 0 Å². The molecule has 1 N–H and O–H groups in total. The van der Waals surface area contributed by atoms with Crippen molar-refractivity contribution in [3.05, 3.63) is 35.2 Å². The first-order valence-corrected chi connectivity index (χ1v) is 6.97. The van der Waals surface area contributed by atoms with Crippen molar-refractivity contribution in [3.63, 3.8) is 0 Å². The summed E-state index contributed by atoms with van der Waals surface area (Å²) in [5.74, 6) is 0.949. The van der Waals surface area contributed by atoms with Crippen LogP contribution < -0.4 is 5.32 Å². The van der Waals surface area contributed by atoms with Crippen LogP contribution in [-0.4, -0.2) is 6.54 Å². The molecule has 1 fully saturated rings. The predicted molar refractivity (Wildman–Crippen MR) is 70.9 cm³/mol. The van der Waals surface area contributed by atoms with E-state index >= 15 is 0 Å². The Labute approximate surface area is 100 Å². The molecule has 3 rings (SSSR count). The monoisotopic (exact) mass is 231 g/mol. The standard InChI is InChI=1S/C14H17NS/c1-2-7-14-13(6-1)12(10-16-14)9-15-8-11-4-3-5-11/h1-2,6-7,10-11,15H,3-5,8-9H2. The molecule has 2 heteroatoms. The third-order valence-corrected chi connectivity index (χ3v) is 4.55. The molecule has 0 amide bonds. The van der Waals surface area contributed by atoms with Gasteiger partial charge in [0.05, 0.1) is 0 Å². The smallest absolute Gasteiger partial charge is 0.0346 e. The molecule has 2 aromatic rings. The van der Waals surface area contributed by atoms with Gasteiger partial charge in [-0.25, -0.2) is 0 Å². The van der Waals surface area contributed by atoms with Gasteiger partial charge in [-0.05, 0) is 47.7 Å². The van der Waals surface area contributed by atoms with Crippen molar-refractivity contribution in [1.29, 1.82) is 0 Å². The van der Waals surface area contributed by atoms with Crippen molar-refractivity contribution in [2.75, 3.05) is 6.54 Å². The Kier molecular flexibility index (Phi) is 2.94. The van der Waals surface area contributed by atoms with Gasteiger partial charge < -0.3 is 5.32 Å². The highest BCUT2D eigenvalue weighted by Crippen LogP contribution is 2.27. The number of hydrogen-bond donors (Lipinski definition) is 1. The molecule has 1 aromatic heterocycles. The maximum Gasteiger partial charge on any atom is 0.0346 e. The van der Waals surface area contributed by atoms with Crippen LogP contribution in [0.3, 0.4) is 0 Å². The van der Waals surface area contributed by atoms with Crippen LogP contribution in [0.25, 0.3) is 10.1 Å². The van der Waals surface area contributed by atoms with E-state index in [0.29, 0.717) is 0 Å². The second-order valence-corrected chi connectivity index (χ2v) is 5.60. The summed E-state index contributed by atoms with van der Waals surface area (Å²) >= 11 is 1.85.